The predicted octanol–water partition coefficient (Wildman–Crippen LogP) is 2.29. The summed E-state index contributed by atoms with van der Waals surface area (Å²) < 4.78 is 22.2. The Hall–Kier alpha value is -1.56. The van der Waals surface area contributed by atoms with Gasteiger partial charge in [0.1, 0.15) is 11.5 Å². The number of benzene rings is 1. The van der Waals surface area contributed by atoms with Gasteiger partial charge in [0, 0.05) is 39.0 Å². The number of carbonyl (C=O) groups excluding carboxylic acids is 1. The Kier molecular flexibility index (Phi) is 6.41. The van der Waals surface area contributed by atoms with Gasteiger partial charge in [-0.15, -0.1) is 0 Å². The van der Waals surface area contributed by atoms with Crippen LogP contribution >= 0.6 is 0 Å². The largest absolute Gasteiger partial charge is 0.496 e. The van der Waals surface area contributed by atoms with Crippen LogP contribution in [0, 0.1) is 6.92 Å². The summed E-state index contributed by atoms with van der Waals surface area (Å²) in [6, 6.07) is 3.35. The molecular weight excluding hydrogens is 302 g/mol. The van der Waals surface area contributed by atoms with Gasteiger partial charge in [0.25, 0.3) is 5.91 Å². The quantitative estimate of drug-likeness (QED) is 0.871. The second-order valence-electron chi connectivity index (χ2n) is 5.92. The average Bonchev–Trinajstić information content (AvgIpc) is 2.46. The first-order chi connectivity index (χ1) is 10.2. The topological polar surface area (TPSA) is 64.6 Å². The number of amides is 1. The molecule has 0 fully saturated rings. The lowest BCUT2D eigenvalue weighted by Crippen LogP contribution is -2.32. The van der Waals surface area contributed by atoms with Crippen LogP contribution in [0.1, 0.15) is 36.7 Å². The second-order valence-corrected chi connectivity index (χ2v) is 8.25. The lowest BCUT2D eigenvalue weighted by atomic mass is 10.1. The van der Waals surface area contributed by atoms with Crippen LogP contribution in [0.3, 0.4) is 0 Å². The van der Waals surface area contributed by atoms with E-state index in [1.807, 2.05) is 27.7 Å². The van der Waals surface area contributed by atoms with Crippen molar-refractivity contribution in [1.82, 2.24) is 5.32 Å². The van der Waals surface area contributed by atoms with Crippen molar-refractivity contribution in [3.05, 3.63) is 23.3 Å². The summed E-state index contributed by atoms with van der Waals surface area (Å²) in [6.45, 7) is 7.98. The number of hydrogen-bond acceptors (Lipinski definition) is 4. The van der Waals surface area contributed by atoms with E-state index in [0.29, 0.717) is 29.4 Å². The van der Waals surface area contributed by atoms with Crippen LogP contribution in [-0.4, -0.2) is 41.4 Å². The van der Waals surface area contributed by atoms with Crippen LogP contribution in [0.25, 0.3) is 0 Å². The summed E-state index contributed by atoms with van der Waals surface area (Å²) in [4.78, 5) is 12.2. The smallest absolute Gasteiger partial charge is 0.251 e. The van der Waals surface area contributed by atoms with Gasteiger partial charge in [0.2, 0.25) is 0 Å². The summed E-state index contributed by atoms with van der Waals surface area (Å²) in [5.74, 6) is 1.39. The molecule has 1 atom stereocenters. The van der Waals surface area contributed by atoms with Crippen molar-refractivity contribution in [2.75, 3.05) is 26.5 Å². The van der Waals surface area contributed by atoms with E-state index in [1.165, 1.54) is 0 Å². The molecule has 1 unspecified atom stereocenters. The first-order valence-electron chi connectivity index (χ1n) is 7.10. The Morgan fingerprint density at radius 2 is 1.68 bits per heavy atom. The first kappa shape index (κ1) is 18.5. The third kappa shape index (κ3) is 4.73. The van der Waals surface area contributed by atoms with E-state index in [0.717, 1.165) is 5.56 Å². The molecule has 0 saturated heterocycles. The molecule has 0 radical (unpaired) electrons. The van der Waals surface area contributed by atoms with E-state index in [1.54, 1.807) is 26.4 Å². The zero-order valence-electron chi connectivity index (χ0n) is 14.1. The van der Waals surface area contributed by atoms with E-state index in [4.69, 9.17) is 9.47 Å². The van der Waals surface area contributed by atoms with Crippen molar-refractivity contribution >= 4 is 16.7 Å². The highest BCUT2D eigenvalue weighted by Crippen LogP contribution is 2.29. The van der Waals surface area contributed by atoms with Crippen molar-refractivity contribution in [2.45, 2.75) is 32.4 Å². The Morgan fingerprint density at radius 3 is 2.09 bits per heavy atom. The zero-order valence-corrected chi connectivity index (χ0v) is 14.9. The molecule has 0 aliphatic carbocycles. The highest BCUT2D eigenvalue weighted by molar-refractivity contribution is 7.86. The van der Waals surface area contributed by atoms with Gasteiger partial charge in [0.05, 0.1) is 14.2 Å². The molecule has 0 aromatic heterocycles. The highest BCUT2D eigenvalue weighted by Gasteiger charge is 2.19. The number of ether oxygens (including phenoxy) is 2. The minimum Gasteiger partial charge on any atom is -0.496 e. The van der Waals surface area contributed by atoms with Gasteiger partial charge in [0.15, 0.2) is 0 Å². The Bertz CT molecular complexity index is 539. The molecule has 1 rings (SSSR count). The lowest BCUT2D eigenvalue weighted by Gasteiger charge is -2.18. The second kappa shape index (κ2) is 7.63. The number of methoxy groups -OCH3 is 2. The van der Waals surface area contributed by atoms with Crippen molar-refractivity contribution in [3.63, 3.8) is 0 Å². The number of hydrogen-bond donors (Lipinski definition) is 1. The fourth-order valence-electron chi connectivity index (χ4n) is 1.88. The monoisotopic (exact) mass is 327 g/mol. The molecule has 124 valence electrons. The molecule has 0 spiro atoms. The fraction of sp³-hybridized carbons (Fsp3) is 0.562. The predicted molar refractivity (Wildman–Crippen MR) is 89.4 cm³/mol. The Labute approximate surface area is 134 Å². The summed E-state index contributed by atoms with van der Waals surface area (Å²) >= 11 is 0. The summed E-state index contributed by atoms with van der Waals surface area (Å²) in [7, 11) is 2.11. The van der Waals surface area contributed by atoms with Gasteiger partial charge in [-0.1, -0.05) is 0 Å². The highest BCUT2D eigenvalue weighted by atomic mass is 32.2. The maximum atomic E-state index is 12.2. The molecule has 1 aromatic rings. The molecule has 1 amide bonds. The minimum atomic E-state index is -0.990. The molecule has 1 N–H and O–H groups in total. The van der Waals surface area contributed by atoms with Crippen molar-refractivity contribution in [2.24, 2.45) is 0 Å². The molecular formula is C16H25NO4S. The summed E-state index contributed by atoms with van der Waals surface area (Å²) in [6.07, 6.45) is 0. The molecule has 0 aliphatic heterocycles. The van der Waals surface area contributed by atoms with Crippen molar-refractivity contribution in [1.29, 1.82) is 0 Å². The van der Waals surface area contributed by atoms with E-state index in [9.17, 15) is 9.00 Å². The van der Waals surface area contributed by atoms with Gasteiger partial charge in [-0.05, 0) is 39.8 Å². The van der Waals surface area contributed by atoms with Gasteiger partial charge in [-0.2, -0.15) is 0 Å². The van der Waals surface area contributed by atoms with E-state index < -0.39 is 10.8 Å². The van der Waals surface area contributed by atoms with Crippen molar-refractivity contribution in [3.8, 4) is 11.5 Å². The number of nitrogens with one attached hydrogen (secondary N) is 1. The molecule has 6 heteroatoms. The standard InChI is InChI=1S/C16H25NO4S/c1-11-13(20-5)9-12(10-14(11)21-6)15(18)17-7-8-22(19)16(2,3)4/h9-10H,7-8H2,1-6H3,(H,17,18). The van der Waals surface area contributed by atoms with Gasteiger partial charge >= 0.3 is 0 Å². The Balaban J connectivity index is 2.76. The molecule has 22 heavy (non-hydrogen) atoms. The van der Waals surface area contributed by atoms with Crippen LogP contribution < -0.4 is 14.8 Å². The maximum Gasteiger partial charge on any atom is 0.251 e. The molecule has 0 saturated carbocycles. The Morgan fingerprint density at radius 1 is 1.18 bits per heavy atom. The number of rotatable bonds is 6. The van der Waals surface area contributed by atoms with E-state index >= 15 is 0 Å². The van der Waals surface area contributed by atoms with Gasteiger partial charge < -0.3 is 14.8 Å². The molecule has 5 nitrogen and oxygen atoms in total. The molecule has 0 bridgehead atoms. The molecule has 0 heterocycles. The van der Waals surface area contributed by atoms with Crippen LogP contribution in [-0.2, 0) is 10.8 Å². The van der Waals surface area contributed by atoms with Crippen LogP contribution in [0.4, 0.5) is 0 Å². The lowest BCUT2D eigenvalue weighted by molar-refractivity contribution is 0.0955. The minimum absolute atomic E-state index is 0.234. The SMILES string of the molecule is COc1cc(C(=O)NCCS(=O)C(C)(C)C)cc(OC)c1C. The fourth-order valence-corrected chi connectivity index (χ4v) is 2.78. The van der Waals surface area contributed by atoms with E-state index in [-0.39, 0.29) is 10.7 Å². The molecule has 0 aliphatic rings. The third-order valence-corrected chi connectivity index (χ3v) is 5.21. The van der Waals surface area contributed by atoms with Crippen LogP contribution in [0.2, 0.25) is 0 Å². The molecule has 1 aromatic carbocycles. The van der Waals surface area contributed by atoms with Crippen molar-refractivity contribution < 1.29 is 18.5 Å². The first-order valence-corrected chi connectivity index (χ1v) is 8.42. The van der Waals surface area contributed by atoms with Crippen LogP contribution in [0.5, 0.6) is 11.5 Å². The number of carbonyl (C=O) groups is 1. The average molecular weight is 327 g/mol. The summed E-state index contributed by atoms with van der Waals surface area (Å²) in [5, 5.41) is 2.78. The summed E-state index contributed by atoms with van der Waals surface area (Å²) in [5.41, 5.74) is 1.30. The normalized spacial score (nSPS) is 12.6. The van der Waals surface area contributed by atoms with Gasteiger partial charge in [-0.3, -0.25) is 9.00 Å². The van der Waals surface area contributed by atoms with E-state index in [2.05, 4.69) is 5.32 Å². The van der Waals surface area contributed by atoms with Gasteiger partial charge in [-0.25, -0.2) is 0 Å². The zero-order chi connectivity index (χ0) is 16.9. The third-order valence-electron chi connectivity index (χ3n) is 3.27. The van der Waals surface area contributed by atoms with Crippen LogP contribution in [0.15, 0.2) is 12.1 Å². The maximum absolute atomic E-state index is 12.2.